The molecule has 2 aromatic rings. The lowest BCUT2D eigenvalue weighted by molar-refractivity contribution is -0.147. The highest BCUT2D eigenvalue weighted by molar-refractivity contribution is 5.95. The number of furan rings is 1. The molecule has 0 saturated heterocycles. The number of carbonyl (C=O) groups is 1. The molecule has 1 atom stereocenters. The molecule has 0 radical (unpaired) electrons. The summed E-state index contributed by atoms with van der Waals surface area (Å²) in [6.45, 7) is 4.85. The molecule has 1 aromatic heterocycles. The van der Waals surface area contributed by atoms with E-state index in [-0.39, 0.29) is 11.3 Å². The minimum atomic E-state index is -0.500. The minimum Gasteiger partial charge on any atom is -0.467 e. The fourth-order valence-electron chi connectivity index (χ4n) is 3.55. The largest absolute Gasteiger partial charge is 0.467 e. The molecular formula is C20H21NO3. The summed E-state index contributed by atoms with van der Waals surface area (Å²) in [5, 5.41) is 0. The van der Waals surface area contributed by atoms with Crippen molar-refractivity contribution in [1.82, 2.24) is 4.90 Å². The highest BCUT2D eigenvalue weighted by Crippen LogP contribution is 2.47. The maximum atomic E-state index is 13.2. The van der Waals surface area contributed by atoms with Crippen LogP contribution in [-0.2, 0) is 16.1 Å². The van der Waals surface area contributed by atoms with Gasteiger partial charge in [-0.25, -0.2) is 0 Å². The molecule has 2 heterocycles. The van der Waals surface area contributed by atoms with E-state index in [9.17, 15) is 4.79 Å². The van der Waals surface area contributed by atoms with Gasteiger partial charge in [0.25, 0.3) is 5.91 Å². The van der Waals surface area contributed by atoms with E-state index in [1.54, 1.807) is 11.2 Å². The van der Waals surface area contributed by atoms with Crippen molar-refractivity contribution in [1.29, 1.82) is 0 Å². The van der Waals surface area contributed by atoms with Gasteiger partial charge in [0.2, 0.25) is 6.23 Å². The van der Waals surface area contributed by atoms with E-state index >= 15 is 0 Å². The fraction of sp³-hybridized carbons (Fsp3) is 0.350. The van der Waals surface area contributed by atoms with Gasteiger partial charge in [-0.15, -0.1) is 0 Å². The summed E-state index contributed by atoms with van der Waals surface area (Å²) in [6.07, 6.45) is 2.68. The first-order valence-electron chi connectivity index (χ1n) is 8.30. The Morgan fingerprint density at radius 1 is 1.12 bits per heavy atom. The van der Waals surface area contributed by atoms with Crippen LogP contribution in [-0.4, -0.2) is 10.8 Å². The van der Waals surface area contributed by atoms with E-state index in [1.165, 1.54) is 0 Å². The number of amides is 1. The molecule has 4 rings (SSSR count). The number of rotatable bonds is 3. The Kier molecular flexibility index (Phi) is 3.48. The smallest absolute Gasteiger partial charge is 0.256 e. The van der Waals surface area contributed by atoms with Crippen LogP contribution in [0.1, 0.15) is 44.2 Å². The Morgan fingerprint density at radius 2 is 1.92 bits per heavy atom. The maximum Gasteiger partial charge on any atom is 0.256 e. The highest BCUT2D eigenvalue weighted by atomic mass is 16.5. The zero-order chi connectivity index (χ0) is 16.7. The third-order valence-corrected chi connectivity index (χ3v) is 4.67. The predicted octanol–water partition coefficient (Wildman–Crippen LogP) is 4.41. The number of nitrogens with zero attached hydrogens (tertiary/aromatic N) is 1. The van der Waals surface area contributed by atoms with Gasteiger partial charge in [-0.1, -0.05) is 44.2 Å². The second-order valence-corrected chi connectivity index (χ2v) is 7.32. The van der Waals surface area contributed by atoms with Crippen molar-refractivity contribution in [2.75, 3.05) is 0 Å². The first-order valence-corrected chi connectivity index (χ1v) is 8.30. The van der Waals surface area contributed by atoms with Gasteiger partial charge in [0.15, 0.2) is 5.76 Å². The van der Waals surface area contributed by atoms with Crippen LogP contribution in [0.3, 0.4) is 0 Å². The Labute approximate surface area is 141 Å². The van der Waals surface area contributed by atoms with Gasteiger partial charge in [-0.2, -0.15) is 0 Å². The Hall–Kier alpha value is -2.49. The molecule has 1 aliphatic heterocycles. The second-order valence-electron chi connectivity index (χ2n) is 7.32. The summed E-state index contributed by atoms with van der Waals surface area (Å²) in [6, 6.07) is 13.7. The summed E-state index contributed by atoms with van der Waals surface area (Å²) in [5.41, 5.74) is 1.96. The molecule has 1 amide bonds. The van der Waals surface area contributed by atoms with Gasteiger partial charge in [0.05, 0.1) is 11.8 Å². The van der Waals surface area contributed by atoms with Crippen molar-refractivity contribution in [3.05, 3.63) is 71.4 Å². The second kappa shape index (κ2) is 5.55. The predicted molar refractivity (Wildman–Crippen MR) is 89.6 cm³/mol. The number of ether oxygens (including phenoxy) is 1. The molecule has 0 fully saturated rings. The first-order chi connectivity index (χ1) is 11.5. The lowest BCUT2D eigenvalue weighted by Gasteiger charge is -2.35. The van der Waals surface area contributed by atoms with E-state index in [4.69, 9.17) is 9.15 Å². The van der Waals surface area contributed by atoms with Crippen LogP contribution in [0.2, 0.25) is 0 Å². The molecule has 24 heavy (non-hydrogen) atoms. The topological polar surface area (TPSA) is 42.7 Å². The molecule has 4 nitrogen and oxygen atoms in total. The number of carbonyl (C=O) groups excluding carboxylic acids is 1. The fourth-order valence-corrected chi connectivity index (χ4v) is 3.55. The zero-order valence-electron chi connectivity index (χ0n) is 14.0. The normalized spacial score (nSPS) is 22.5. The van der Waals surface area contributed by atoms with Gasteiger partial charge >= 0.3 is 0 Å². The van der Waals surface area contributed by atoms with Crippen LogP contribution in [0, 0.1) is 5.41 Å². The van der Waals surface area contributed by atoms with Crippen molar-refractivity contribution in [2.45, 2.75) is 39.5 Å². The van der Waals surface area contributed by atoms with E-state index in [1.807, 2.05) is 42.5 Å². The molecule has 2 aliphatic rings. The molecule has 1 unspecified atom stereocenters. The molecule has 0 saturated carbocycles. The molecular weight excluding hydrogens is 302 g/mol. The van der Waals surface area contributed by atoms with Gasteiger partial charge in [-0.3, -0.25) is 9.69 Å². The quantitative estimate of drug-likeness (QED) is 0.840. The van der Waals surface area contributed by atoms with Crippen LogP contribution in [0.5, 0.6) is 0 Å². The van der Waals surface area contributed by atoms with Crippen LogP contribution >= 0.6 is 0 Å². The molecule has 124 valence electrons. The van der Waals surface area contributed by atoms with Crippen LogP contribution in [0.25, 0.3) is 0 Å². The molecule has 1 aliphatic carbocycles. The Bertz CT molecular complexity index is 774. The number of allylic oxidation sites excluding steroid dienone is 1. The zero-order valence-corrected chi connectivity index (χ0v) is 14.0. The lowest BCUT2D eigenvalue weighted by atomic mass is 9.89. The van der Waals surface area contributed by atoms with Gasteiger partial charge in [0, 0.05) is 13.0 Å². The van der Waals surface area contributed by atoms with E-state index in [2.05, 4.69) is 13.8 Å². The van der Waals surface area contributed by atoms with E-state index in [0.717, 1.165) is 29.7 Å². The Balaban J connectivity index is 1.70. The number of benzene rings is 1. The molecule has 0 bridgehead atoms. The Morgan fingerprint density at radius 3 is 2.62 bits per heavy atom. The van der Waals surface area contributed by atoms with Crippen molar-refractivity contribution >= 4 is 5.91 Å². The summed E-state index contributed by atoms with van der Waals surface area (Å²) in [7, 11) is 0. The lowest BCUT2D eigenvalue weighted by Crippen LogP contribution is -2.39. The minimum absolute atomic E-state index is 0.0621. The average Bonchev–Trinajstić information content (AvgIpc) is 3.18. The highest BCUT2D eigenvalue weighted by Gasteiger charge is 2.44. The SMILES string of the molecule is CC1(C)CC2=C(C1)C(=O)N(Cc1ccccc1)C(c1ccco1)O2. The van der Waals surface area contributed by atoms with E-state index in [0.29, 0.717) is 12.3 Å². The molecule has 1 aromatic carbocycles. The molecule has 4 heteroatoms. The number of hydrogen-bond donors (Lipinski definition) is 0. The average molecular weight is 323 g/mol. The van der Waals surface area contributed by atoms with Gasteiger partial charge in [0.1, 0.15) is 5.76 Å². The van der Waals surface area contributed by atoms with E-state index < -0.39 is 6.23 Å². The summed E-state index contributed by atoms with van der Waals surface area (Å²) in [5.74, 6) is 1.55. The third-order valence-electron chi connectivity index (χ3n) is 4.67. The van der Waals surface area contributed by atoms with Crippen LogP contribution < -0.4 is 0 Å². The van der Waals surface area contributed by atoms with Gasteiger partial charge < -0.3 is 9.15 Å². The van der Waals surface area contributed by atoms with Crippen LogP contribution in [0.4, 0.5) is 0 Å². The monoisotopic (exact) mass is 323 g/mol. The summed E-state index contributed by atoms with van der Waals surface area (Å²) >= 11 is 0. The first kappa shape index (κ1) is 15.1. The molecule has 0 spiro atoms. The summed E-state index contributed by atoms with van der Waals surface area (Å²) < 4.78 is 11.8. The molecule has 0 N–H and O–H groups in total. The maximum absolute atomic E-state index is 13.2. The summed E-state index contributed by atoms with van der Waals surface area (Å²) in [4.78, 5) is 14.9. The standard InChI is InChI=1S/C20H21NO3/c1-20(2)11-15-17(12-20)24-19(16-9-6-10-23-16)21(18(15)22)13-14-7-4-3-5-8-14/h3-10,19H,11-13H2,1-2H3. The number of hydrogen-bond acceptors (Lipinski definition) is 3. The third kappa shape index (κ3) is 2.62. The van der Waals surface area contributed by atoms with Crippen molar-refractivity contribution in [3.63, 3.8) is 0 Å². The van der Waals surface area contributed by atoms with Crippen molar-refractivity contribution < 1.29 is 13.9 Å². The van der Waals surface area contributed by atoms with Crippen LogP contribution in [0.15, 0.2) is 64.5 Å². The van der Waals surface area contributed by atoms with Crippen molar-refractivity contribution in [2.24, 2.45) is 5.41 Å². The van der Waals surface area contributed by atoms with Gasteiger partial charge in [-0.05, 0) is 29.5 Å². The van der Waals surface area contributed by atoms with Crippen molar-refractivity contribution in [3.8, 4) is 0 Å².